The second-order valence-corrected chi connectivity index (χ2v) is 6.38. The summed E-state index contributed by atoms with van der Waals surface area (Å²) in [6.45, 7) is 3.42. The van der Waals surface area contributed by atoms with E-state index >= 15 is 0 Å². The van der Waals surface area contributed by atoms with Crippen molar-refractivity contribution in [1.82, 2.24) is 10.2 Å². The van der Waals surface area contributed by atoms with Crippen molar-refractivity contribution < 1.29 is 19.1 Å². The lowest BCUT2D eigenvalue weighted by molar-refractivity contribution is -0.124. The first-order chi connectivity index (χ1) is 11.4. The van der Waals surface area contributed by atoms with Crippen molar-refractivity contribution in [2.75, 3.05) is 40.5 Å². The molecule has 0 aromatic heterocycles. The van der Waals surface area contributed by atoms with Crippen molar-refractivity contribution in [2.45, 2.75) is 25.3 Å². The van der Waals surface area contributed by atoms with E-state index in [0.717, 1.165) is 12.8 Å². The van der Waals surface area contributed by atoms with E-state index < -0.39 is 0 Å². The van der Waals surface area contributed by atoms with E-state index in [1.807, 2.05) is 14.1 Å². The summed E-state index contributed by atoms with van der Waals surface area (Å²) in [5.74, 6) is 0.319. The van der Waals surface area contributed by atoms with Gasteiger partial charge in [0.1, 0.15) is 5.75 Å². The van der Waals surface area contributed by atoms with Gasteiger partial charge in [-0.05, 0) is 46.0 Å². The number of hydrogen-bond acceptors (Lipinski definition) is 5. The average Bonchev–Trinajstić information content (AvgIpc) is 2.59. The van der Waals surface area contributed by atoms with Crippen molar-refractivity contribution >= 4 is 11.7 Å². The Morgan fingerprint density at radius 3 is 2.62 bits per heavy atom. The average molecular weight is 334 g/mol. The fraction of sp³-hybridized carbons (Fsp3) is 0.556. The third kappa shape index (κ3) is 4.79. The van der Waals surface area contributed by atoms with Gasteiger partial charge >= 0.3 is 0 Å². The summed E-state index contributed by atoms with van der Waals surface area (Å²) < 4.78 is 10.9. The summed E-state index contributed by atoms with van der Waals surface area (Å²) in [4.78, 5) is 25.6. The van der Waals surface area contributed by atoms with Gasteiger partial charge in [0.05, 0.1) is 0 Å². The Bertz CT molecular complexity index is 580. The van der Waals surface area contributed by atoms with Gasteiger partial charge in [0.2, 0.25) is 0 Å². The summed E-state index contributed by atoms with van der Waals surface area (Å²) in [6, 6.07) is 6.85. The van der Waals surface area contributed by atoms with E-state index in [4.69, 9.17) is 9.47 Å². The number of Topliss-reactive ketones (excluding diaryl/α,β-unsaturated/α-hetero) is 1. The number of carbonyl (C=O) groups excluding carboxylic acids is 2. The van der Waals surface area contributed by atoms with Gasteiger partial charge < -0.3 is 19.7 Å². The van der Waals surface area contributed by atoms with Crippen LogP contribution in [0, 0.1) is 0 Å². The van der Waals surface area contributed by atoms with Crippen LogP contribution < -0.4 is 10.1 Å². The normalized spacial score (nSPS) is 16.7. The minimum atomic E-state index is -0.170. The molecule has 1 amide bonds. The fourth-order valence-corrected chi connectivity index (χ4v) is 2.80. The van der Waals surface area contributed by atoms with Crippen molar-refractivity contribution in [1.29, 1.82) is 0 Å². The van der Waals surface area contributed by atoms with Crippen LogP contribution in [0.4, 0.5) is 0 Å². The molecule has 1 N–H and O–H groups in total. The van der Waals surface area contributed by atoms with Gasteiger partial charge in [-0.15, -0.1) is 0 Å². The highest BCUT2D eigenvalue weighted by atomic mass is 16.5. The first-order valence-corrected chi connectivity index (χ1v) is 8.19. The van der Waals surface area contributed by atoms with Crippen LogP contribution in [0.25, 0.3) is 0 Å². The van der Waals surface area contributed by atoms with Gasteiger partial charge in [-0.1, -0.05) is 12.1 Å². The van der Waals surface area contributed by atoms with Crippen LogP contribution in [-0.4, -0.2) is 62.6 Å². The topological polar surface area (TPSA) is 67.9 Å². The molecule has 1 aromatic carbocycles. The van der Waals surface area contributed by atoms with E-state index in [1.165, 1.54) is 6.92 Å². The highest BCUT2D eigenvalue weighted by Gasteiger charge is 2.35. The number of rotatable bonds is 7. The van der Waals surface area contributed by atoms with Crippen LogP contribution >= 0.6 is 0 Å². The van der Waals surface area contributed by atoms with Crippen LogP contribution in [0.1, 0.15) is 30.1 Å². The highest BCUT2D eigenvalue weighted by Crippen LogP contribution is 2.25. The zero-order valence-electron chi connectivity index (χ0n) is 14.6. The fourth-order valence-electron chi connectivity index (χ4n) is 2.80. The number of nitrogens with one attached hydrogen (secondary N) is 1. The Morgan fingerprint density at radius 1 is 1.29 bits per heavy atom. The molecule has 1 saturated heterocycles. The van der Waals surface area contributed by atoms with Crippen LogP contribution in [-0.2, 0) is 9.53 Å². The second kappa shape index (κ2) is 8.26. The van der Waals surface area contributed by atoms with Crippen LogP contribution in [0.3, 0.4) is 0 Å². The first-order valence-electron chi connectivity index (χ1n) is 8.19. The number of hydrogen-bond donors (Lipinski definition) is 1. The molecular formula is C18H26N2O4. The van der Waals surface area contributed by atoms with Gasteiger partial charge in [0.25, 0.3) is 5.91 Å². The predicted molar refractivity (Wildman–Crippen MR) is 91.4 cm³/mol. The van der Waals surface area contributed by atoms with E-state index in [0.29, 0.717) is 31.1 Å². The maximum Gasteiger partial charge on any atom is 0.258 e. The molecule has 0 atom stereocenters. The molecule has 0 bridgehead atoms. The summed E-state index contributed by atoms with van der Waals surface area (Å²) in [6.07, 6.45) is 1.78. The number of nitrogens with zero attached hydrogens (tertiary/aromatic N) is 1. The Balaban J connectivity index is 1.84. The molecule has 1 aromatic rings. The zero-order valence-corrected chi connectivity index (χ0v) is 14.6. The quantitative estimate of drug-likeness (QED) is 0.765. The maximum absolute atomic E-state index is 12.1. The van der Waals surface area contributed by atoms with E-state index in [2.05, 4.69) is 10.2 Å². The molecule has 0 spiro atoms. The monoisotopic (exact) mass is 334 g/mol. The van der Waals surface area contributed by atoms with Gasteiger partial charge in [0, 0.05) is 30.9 Å². The van der Waals surface area contributed by atoms with Gasteiger partial charge in [0.15, 0.2) is 12.4 Å². The Kier molecular flexibility index (Phi) is 6.34. The van der Waals surface area contributed by atoms with Crippen molar-refractivity contribution in [2.24, 2.45) is 0 Å². The van der Waals surface area contributed by atoms with Crippen LogP contribution in [0.2, 0.25) is 0 Å². The summed E-state index contributed by atoms with van der Waals surface area (Å²) in [5.41, 5.74) is 0.504. The lowest BCUT2D eigenvalue weighted by atomic mass is 9.88. The minimum Gasteiger partial charge on any atom is -0.484 e. The van der Waals surface area contributed by atoms with Crippen LogP contribution in [0.15, 0.2) is 24.3 Å². The molecule has 24 heavy (non-hydrogen) atoms. The number of carbonyl (C=O) groups is 2. The van der Waals surface area contributed by atoms with Gasteiger partial charge in [-0.25, -0.2) is 0 Å². The Labute approximate surface area is 143 Å². The molecule has 132 valence electrons. The maximum atomic E-state index is 12.1. The highest BCUT2D eigenvalue weighted by molar-refractivity contribution is 5.94. The van der Waals surface area contributed by atoms with Gasteiger partial charge in [-0.2, -0.15) is 0 Å². The summed E-state index contributed by atoms with van der Waals surface area (Å²) in [7, 11) is 4.06. The predicted octanol–water partition coefficient (Wildman–Crippen LogP) is 1.49. The molecule has 2 rings (SSSR count). The molecule has 1 aliphatic heterocycles. The molecule has 1 fully saturated rings. The van der Waals surface area contributed by atoms with E-state index in [1.54, 1.807) is 24.3 Å². The number of benzene rings is 1. The van der Waals surface area contributed by atoms with Gasteiger partial charge in [-0.3, -0.25) is 9.59 Å². The Morgan fingerprint density at radius 2 is 2.00 bits per heavy atom. The zero-order chi connectivity index (χ0) is 17.6. The standard InChI is InChI=1S/C18H26N2O4/c1-14(21)15-5-4-6-16(11-15)24-12-17(22)19-13-18(20(2)3)7-9-23-10-8-18/h4-6,11H,7-10,12-13H2,1-3H3,(H,19,22). The molecular weight excluding hydrogens is 308 g/mol. The number of likely N-dealkylation sites (N-methyl/N-ethyl adjacent to an activating group) is 1. The third-order valence-electron chi connectivity index (χ3n) is 4.60. The van der Waals surface area contributed by atoms with E-state index in [9.17, 15) is 9.59 Å². The molecule has 6 nitrogen and oxygen atoms in total. The largest absolute Gasteiger partial charge is 0.484 e. The second-order valence-electron chi connectivity index (χ2n) is 6.38. The molecule has 1 heterocycles. The summed E-state index contributed by atoms with van der Waals surface area (Å²) in [5, 5.41) is 2.95. The number of amides is 1. The smallest absolute Gasteiger partial charge is 0.258 e. The van der Waals surface area contributed by atoms with Crippen molar-refractivity contribution in [3.05, 3.63) is 29.8 Å². The first kappa shape index (κ1) is 18.4. The number of ketones is 1. The lowest BCUT2D eigenvalue weighted by Crippen LogP contribution is -2.56. The molecule has 6 heteroatoms. The molecule has 0 saturated carbocycles. The number of ether oxygens (including phenoxy) is 2. The Hall–Kier alpha value is -1.92. The van der Waals surface area contributed by atoms with Crippen LogP contribution in [0.5, 0.6) is 5.75 Å². The molecule has 0 unspecified atom stereocenters. The SMILES string of the molecule is CC(=O)c1cccc(OCC(=O)NCC2(N(C)C)CCOCC2)c1. The minimum absolute atomic E-state index is 0.0302. The molecule has 0 aliphatic carbocycles. The van der Waals surface area contributed by atoms with E-state index in [-0.39, 0.29) is 23.8 Å². The molecule has 1 aliphatic rings. The summed E-state index contributed by atoms with van der Waals surface area (Å²) >= 11 is 0. The third-order valence-corrected chi connectivity index (χ3v) is 4.60. The van der Waals surface area contributed by atoms with Crippen molar-refractivity contribution in [3.8, 4) is 5.75 Å². The molecule has 0 radical (unpaired) electrons. The lowest BCUT2D eigenvalue weighted by Gasteiger charge is -2.42. The van der Waals surface area contributed by atoms with Crippen molar-refractivity contribution in [3.63, 3.8) is 0 Å².